The first kappa shape index (κ1) is 18.7. The third kappa shape index (κ3) is 5.15. The van der Waals surface area contributed by atoms with Crippen LogP contribution in [0.4, 0.5) is 5.69 Å². The molecule has 0 fully saturated rings. The van der Waals surface area contributed by atoms with Crippen LogP contribution in [0.3, 0.4) is 0 Å². The first-order chi connectivity index (χ1) is 11.7. The zero-order valence-electron chi connectivity index (χ0n) is 14.1. The van der Waals surface area contributed by atoms with E-state index in [2.05, 4.69) is 4.72 Å². The van der Waals surface area contributed by atoms with E-state index < -0.39 is 22.1 Å². The number of sulfonamides is 1. The van der Waals surface area contributed by atoms with Gasteiger partial charge in [-0.3, -0.25) is 9.52 Å². The van der Waals surface area contributed by atoms with E-state index in [9.17, 15) is 18.0 Å². The molecule has 0 aliphatic rings. The molecule has 1 unspecified atom stereocenters. The Morgan fingerprint density at radius 2 is 1.64 bits per heavy atom. The number of aryl methyl sites for hydroxylation is 1. The van der Waals surface area contributed by atoms with Gasteiger partial charge in [0.15, 0.2) is 6.10 Å². The first-order valence-corrected chi connectivity index (χ1v) is 9.45. The Labute approximate surface area is 146 Å². The average Bonchev–Trinajstić information content (AvgIpc) is 2.53. The number of ketones is 1. The van der Waals surface area contributed by atoms with E-state index in [1.54, 1.807) is 36.4 Å². The maximum atomic E-state index is 12.3. The molecule has 0 radical (unpaired) electrons. The summed E-state index contributed by atoms with van der Waals surface area (Å²) in [4.78, 5) is 24.7. The predicted octanol–water partition coefficient (Wildman–Crippen LogP) is 2.79. The number of carbonyl (C=O) groups excluding carboxylic acids is 2. The Hall–Kier alpha value is -2.67. The molecule has 0 heterocycles. The number of Topliss-reactive ketones (excluding diaryl/α,β-unsaturated/α-hetero) is 1. The summed E-state index contributed by atoms with van der Waals surface area (Å²) in [5, 5.41) is 0. The maximum Gasteiger partial charge on any atom is 0.340 e. The summed E-state index contributed by atoms with van der Waals surface area (Å²) in [5.41, 5.74) is 1.59. The number of para-hydroxylation sites is 1. The number of nitrogens with one attached hydrogen (secondary N) is 1. The van der Waals surface area contributed by atoms with Crippen LogP contribution < -0.4 is 4.72 Å². The smallest absolute Gasteiger partial charge is 0.340 e. The summed E-state index contributed by atoms with van der Waals surface area (Å²) >= 11 is 0. The van der Waals surface area contributed by atoms with Crippen molar-refractivity contribution >= 4 is 27.5 Å². The van der Waals surface area contributed by atoms with Gasteiger partial charge in [-0.15, -0.1) is 0 Å². The monoisotopic (exact) mass is 361 g/mol. The highest BCUT2D eigenvalue weighted by atomic mass is 32.2. The number of hydrogen-bond donors (Lipinski definition) is 1. The lowest BCUT2D eigenvalue weighted by atomic mass is 10.1. The Morgan fingerprint density at radius 3 is 2.24 bits per heavy atom. The molecule has 0 bridgehead atoms. The van der Waals surface area contributed by atoms with Gasteiger partial charge in [0, 0.05) is 5.56 Å². The summed E-state index contributed by atoms with van der Waals surface area (Å²) in [6.45, 7) is 3.39. The summed E-state index contributed by atoms with van der Waals surface area (Å²) in [6, 6.07) is 13.0. The minimum atomic E-state index is -3.55. The highest BCUT2D eigenvalue weighted by molar-refractivity contribution is 7.92. The minimum absolute atomic E-state index is 0.0384. The lowest BCUT2D eigenvalue weighted by Gasteiger charge is -2.14. The highest BCUT2D eigenvalue weighted by Crippen LogP contribution is 2.19. The topological polar surface area (TPSA) is 89.5 Å². The second kappa shape index (κ2) is 7.48. The van der Waals surface area contributed by atoms with Crippen LogP contribution in [0.2, 0.25) is 0 Å². The van der Waals surface area contributed by atoms with E-state index in [1.807, 2.05) is 6.92 Å². The van der Waals surface area contributed by atoms with E-state index in [-0.39, 0.29) is 17.0 Å². The molecule has 0 aliphatic carbocycles. The summed E-state index contributed by atoms with van der Waals surface area (Å²) < 4.78 is 30.3. The quantitative estimate of drug-likeness (QED) is 0.631. The third-order valence-electron chi connectivity index (χ3n) is 3.43. The largest absolute Gasteiger partial charge is 0.451 e. The van der Waals surface area contributed by atoms with Gasteiger partial charge in [0.25, 0.3) is 0 Å². The fourth-order valence-electron chi connectivity index (χ4n) is 2.18. The second-order valence-electron chi connectivity index (χ2n) is 5.70. The zero-order valence-corrected chi connectivity index (χ0v) is 15.0. The summed E-state index contributed by atoms with van der Waals surface area (Å²) in [7, 11) is -3.55. The van der Waals surface area contributed by atoms with Crippen molar-refractivity contribution in [1.29, 1.82) is 0 Å². The van der Waals surface area contributed by atoms with Gasteiger partial charge in [-0.1, -0.05) is 42.0 Å². The van der Waals surface area contributed by atoms with Gasteiger partial charge in [0.1, 0.15) is 0 Å². The molecule has 0 amide bonds. The number of hydrogen-bond acceptors (Lipinski definition) is 5. The number of benzene rings is 2. The molecule has 0 saturated carbocycles. The molecule has 132 valence electrons. The molecule has 6 nitrogen and oxygen atoms in total. The van der Waals surface area contributed by atoms with Crippen molar-refractivity contribution < 1.29 is 22.7 Å². The highest BCUT2D eigenvalue weighted by Gasteiger charge is 2.22. The average molecular weight is 361 g/mol. The molecular weight excluding hydrogens is 342 g/mol. The second-order valence-corrected chi connectivity index (χ2v) is 7.45. The number of esters is 1. The molecule has 2 aromatic rings. The van der Waals surface area contributed by atoms with Crippen molar-refractivity contribution in [2.24, 2.45) is 0 Å². The number of anilines is 1. The van der Waals surface area contributed by atoms with Crippen molar-refractivity contribution in [2.75, 3.05) is 11.0 Å². The van der Waals surface area contributed by atoms with Crippen LogP contribution in [-0.2, 0) is 14.8 Å². The SMILES string of the molecule is Cc1ccc(C(=O)C(C)OC(=O)c2ccccc2NS(C)(=O)=O)cc1. The van der Waals surface area contributed by atoms with Crippen molar-refractivity contribution in [3.8, 4) is 0 Å². The zero-order chi connectivity index (χ0) is 18.6. The molecule has 2 rings (SSSR count). The van der Waals surface area contributed by atoms with Crippen LogP contribution in [0.15, 0.2) is 48.5 Å². The lowest BCUT2D eigenvalue weighted by Crippen LogP contribution is -2.25. The van der Waals surface area contributed by atoms with Crippen molar-refractivity contribution in [1.82, 2.24) is 0 Å². The number of rotatable bonds is 6. The molecule has 1 N–H and O–H groups in total. The fraction of sp³-hybridized carbons (Fsp3) is 0.222. The molecule has 0 aromatic heterocycles. The lowest BCUT2D eigenvalue weighted by molar-refractivity contribution is 0.0320. The first-order valence-electron chi connectivity index (χ1n) is 7.56. The standard InChI is InChI=1S/C18H19NO5S/c1-12-8-10-14(11-9-12)17(20)13(2)24-18(21)15-6-4-5-7-16(15)19-25(3,22)23/h4-11,13,19H,1-3H3. The van der Waals surface area contributed by atoms with Crippen LogP contribution in [0.1, 0.15) is 33.2 Å². The Balaban J connectivity index is 2.16. The van der Waals surface area contributed by atoms with Gasteiger partial charge >= 0.3 is 5.97 Å². The van der Waals surface area contributed by atoms with Crippen LogP contribution in [-0.4, -0.2) is 32.5 Å². The van der Waals surface area contributed by atoms with Gasteiger partial charge < -0.3 is 4.74 Å². The van der Waals surface area contributed by atoms with Crippen molar-refractivity contribution in [3.63, 3.8) is 0 Å². The molecule has 0 spiro atoms. The maximum absolute atomic E-state index is 12.3. The molecule has 2 aromatic carbocycles. The van der Waals surface area contributed by atoms with Crippen molar-refractivity contribution in [3.05, 3.63) is 65.2 Å². The third-order valence-corrected chi connectivity index (χ3v) is 4.02. The molecule has 1 atom stereocenters. The van der Waals surface area contributed by atoms with E-state index in [1.165, 1.54) is 19.1 Å². The number of carbonyl (C=O) groups is 2. The van der Waals surface area contributed by atoms with Crippen LogP contribution in [0.5, 0.6) is 0 Å². The Bertz CT molecular complexity index is 888. The molecule has 0 saturated heterocycles. The van der Waals surface area contributed by atoms with E-state index in [0.717, 1.165) is 11.8 Å². The van der Waals surface area contributed by atoms with E-state index in [4.69, 9.17) is 4.74 Å². The molecule has 25 heavy (non-hydrogen) atoms. The fourth-order valence-corrected chi connectivity index (χ4v) is 2.76. The number of ether oxygens (including phenoxy) is 1. The van der Waals surface area contributed by atoms with E-state index in [0.29, 0.717) is 5.56 Å². The predicted molar refractivity (Wildman–Crippen MR) is 95.3 cm³/mol. The van der Waals surface area contributed by atoms with Crippen LogP contribution in [0.25, 0.3) is 0 Å². The van der Waals surface area contributed by atoms with E-state index >= 15 is 0 Å². The molecular formula is C18H19NO5S. The Kier molecular flexibility index (Phi) is 5.58. The minimum Gasteiger partial charge on any atom is -0.451 e. The van der Waals surface area contributed by atoms with Crippen LogP contribution in [0, 0.1) is 6.92 Å². The van der Waals surface area contributed by atoms with Gasteiger partial charge in [-0.25, -0.2) is 13.2 Å². The van der Waals surface area contributed by atoms with Gasteiger partial charge in [0.2, 0.25) is 15.8 Å². The van der Waals surface area contributed by atoms with Crippen LogP contribution >= 0.6 is 0 Å². The Morgan fingerprint density at radius 1 is 1.04 bits per heavy atom. The van der Waals surface area contributed by atoms with Crippen molar-refractivity contribution in [2.45, 2.75) is 20.0 Å². The normalized spacial score (nSPS) is 12.3. The van der Waals surface area contributed by atoms with Gasteiger partial charge in [0.05, 0.1) is 17.5 Å². The van der Waals surface area contributed by atoms with Gasteiger partial charge in [-0.05, 0) is 26.0 Å². The summed E-state index contributed by atoms with van der Waals surface area (Å²) in [5.74, 6) is -1.11. The molecule has 0 aliphatic heterocycles. The summed E-state index contributed by atoms with van der Waals surface area (Å²) in [6.07, 6.45) is -0.0138. The molecule has 7 heteroatoms. The van der Waals surface area contributed by atoms with Gasteiger partial charge in [-0.2, -0.15) is 0 Å².